The summed E-state index contributed by atoms with van der Waals surface area (Å²) in [6.45, 7) is 7.34. The second-order valence-corrected chi connectivity index (χ2v) is 7.84. The number of benzene rings is 1. The van der Waals surface area contributed by atoms with Crippen LogP contribution in [-0.2, 0) is 10.2 Å². The van der Waals surface area contributed by atoms with E-state index in [2.05, 4.69) is 40.2 Å². The lowest BCUT2D eigenvalue weighted by molar-refractivity contribution is 0.0270. The van der Waals surface area contributed by atoms with Gasteiger partial charge in [0.05, 0.1) is 0 Å². The number of hydrogen-bond donors (Lipinski definition) is 0. The first-order valence-corrected chi connectivity index (χ1v) is 7.83. The Kier molecular flexibility index (Phi) is 3.12. The fraction of sp³-hybridized carbons (Fsp3) is 0.562. The van der Waals surface area contributed by atoms with Gasteiger partial charge in [-0.15, -0.1) is 0 Å². The minimum Gasteiger partial charge on any atom is -0.444 e. The van der Waals surface area contributed by atoms with Gasteiger partial charge in [0, 0.05) is 23.0 Å². The predicted molar refractivity (Wildman–Crippen MR) is 81.7 cm³/mol. The van der Waals surface area contributed by atoms with E-state index in [9.17, 15) is 4.79 Å². The van der Waals surface area contributed by atoms with Crippen molar-refractivity contribution in [2.24, 2.45) is 5.92 Å². The van der Waals surface area contributed by atoms with E-state index < -0.39 is 5.60 Å². The summed E-state index contributed by atoms with van der Waals surface area (Å²) >= 11 is 3.47. The van der Waals surface area contributed by atoms with Gasteiger partial charge in [-0.25, -0.2) is 4.79 Å². The van der Waals surface area contributed by atoms with Crippen molar-refractivity contribution in [2.45, 2.75) is 38.2 Å². The van der Waals surface area contributed by atoms with Gasteiger partial charge in [0.1, 0.15) is 5.60 Å². The van der Waals surface area contributed by atoms with E-state index in [0.29, 0.717) is 5.92 Å². The van der Waals surface area contributed by atoms with Crippen molar-refractivity contribution in [1.29, 1.82) is 0 Å². The van der Waals surface area contributed by atoms with Crippen molar-refractivity contribution in [3.63, 3.8) is 0 Å². The fourth-order valence-electron chi connectivity index (χ4n) is 3.18. The lowest BCUT2D eigenvalue weighted by Gasteiger charge is -2.26. The molecule has 0 radical (unpaired) electrons. The molecule has 3 nitrogen and oxygen atoms in total. The molecule has 1 aromatic carbocycles. The highest BCUT2D eigenvalue weighted by Crippen LogP contribution is 2.59. The summed E-state index contributed by atoms with van der Waals surface area (Å²) < 4.78 is 6.56. The highest BCUT2D eigenvalue weighted by molar-refractivity contribution is 9.10. The van der Waals surface area contributed by atoms with Crippen molar-refractivity contribution in [2.75, 3.05) is 13.1 Å². The summed E-state index contributed by atoms with van der Waals surface area (Å²) in [6, 6.07) is 8.50. The summed E-state index contributed by atoms with van der Waals surface area (Å²) in [5, 5.41) is 0. The zero-order valence-corrected chi connectivity index (χ0v) is 13.7. The number of ether oxygens (including phenoxy) is 1. The number of amides is 1. The van der Waals surface area contributed by atoms with E-state index in [4.69, 9.17) is 4.74 Å². The average Bonchev–Trinajstić information content (AvgIpc) is 2.90. The molecule has 0 spiro atoms. The lowest BCUT2D eigenvalue weighted by Crippen LogP contribution is -2.37. The van der Waals surface area contributed by atoms with Crippen LogP contribution in [0.3, 0.4) is 0 Å². The van der Waals surface area contributed by atoms with Crippen LogP contribution in [0.5, 0.6) is 0 Å². The van der Waals surface area contributed by atoms with Crippen molar-refractivity contribution in [3.8, 4) is 0 Å². The number of likely N-dealkylation sites (tertiary alicyclic amines) is 1. The summed E-state index contributed by atoms with van der Waals surface area (Å²) in [5.74, 6) is 0.594. The van der Waals surface area contributed by atoms with E-state index in [0.717, 1.165) is 17.6 Å². The molecule has 1 aliphatic carbocycles. The van der Waals surface area contributed by atoms with E-state index in [1.807, 2.05) is 25.7 Å². The second-order valence-electron chi connectivity index (χ2n) is 6.92. The van der Waals surface area contributed by atoms with Gasteiger partial charge in [-0.3, -0.25) is 0 Å². The van der Waals surface area contributed by atoms with Gasteiger partial charge in [0.25, 0.3) is 0 Å². The molecular formula is C16H20BrNO2. The van der Waals surface area contributed by atoms with Gasteiger partial charge in [0.15, 0.2) is 0 Å². The fourth-order valence-corrected chi connectivity index (χ4v) is 3.44. The van der Waals surface area contributed by atoms with Gasteiger partial charge in [0.2, 0.25) is 0 Å². The quantitative estimate of drug-likeness (QED) is 0.776. The molecule has 2 fully saturated rings. The van der Waals surface area contributed by atoms with Crippen molar-refractivity contribution in [1.82, 2.24) is 4.90 Å². The number of halogens is 1. The Balaban J connectivity index is 1.71. The van der Waals surface area contributed by atoms with Crippen molar-refractivity contribution >= 4 is 22.0 Å². The molecule has 1 aromatic rings. The van der Waals surface area contributed by atoms with Gasteiger partial charge < -0.3 is 9.64 Å². The molecule has 108 valence electrons. The maximum atomic E-state index is 12.2. The maximum absolute atomic E-state index is 12.2. The van der Waals surface area contributed by atoms with Crippen LogP contribution in [-0.4, -0.2) is 29.7 Å². The molecule has 1 amide bonds. The predicted octanol–water partition coefficient (Wildman–Crippen LogP) is 3.96. The molecule has 0 bridgehead atoms. The molecule has 4 heteroatoms. The molecule has 0 aromatic heterocycles. The van der Waals surface area contributed by atoms with Gasteiger partial charge in [-0.1, -0.05) is 28.1 Å². The number of carbonyl (C=O) groups is 1. The third kappa shape index (κ3) is 2.46. The Morgan fingerprint density at radius 3 is 2.60 bits per heavy atom. The SMILES string of the molecule is CC(C)(C)OC(=O)N1C[C@@H]2C[C@]2(c2ccc(Br)cc2)C1. The zero-order valence-electron chi connectivity index (χ0n) is 12.1. The van der Waals surface area contributed by atoms with E-state index >= 15 is 0 Å². The van der Waals surface area contributed by atoms with Crippen LogP contribution in [0.1, 0.15) is 32.8 Å². The highest BCUT2D eigenvalue weighted by Gasteiger charge is 2.62. The van der Waals surface area contributed by atoms with Crippen LogP contribution >= 0.6 is 15.9 Å². The molecule has 20 heavy (non-hydrogen) atoms. The number of fused-ring (bicyclic) bond motifs is 1. The highest BCUT2D eigenvalue weighted by atomic mass is 79.9. The first-order valence-electron chi connectivity index (χ1n) is 7.04. The van der Waals surface area contributed by atoms with Crippen LogP contribution in [0, 0.1) is 5.92 Å². The Bertz CT molecular complexity index is 534. The lowest BCUT2D eigenvalue weighted by atomic mass is 9.95. The smallest absolute Gasteiger partial charge is 0.410 e. The third-order valence-electron chi connectivity index (χ3n) is 4.22. The molecule has 0 unspecified atom stereocenters. The van der Waals surface area contributed by atoms with Gasteiger partial charge >= 0.3 is 6.09 Å². The minimum absolute atomic E-state index is 0.178. The van der Waals surface area contributed by atoms with Gasteiger partial charge in [-0.2, -0.15) is 0 Å². The first kappa shape index (κ1) is 13.9. The summed E-state index contributed by atoms with van der Waals surface area (Å²) in [6.07, 6.45) is 1.01. The number of nitrogens with zero attached hydrogens (tertiary/aromatic N) is 1. The molecule has 1 saturated heterocycles. The Labute approximate surface area is 128 Å². The molecule has 2 atom stereocenters. The van der Waals surface area contributed by atoms with Crippen LogP contribution in [0.25, 0.3) is 0 Å². The molecular weight excluding hydrogens is 318 g/mol. The van der Waals surface area contributed by atoms with Gasteiger partial charge in [-0.05, 0) is 50.8 Å². The molecule has 1 aliphatic heterocycles. The van der Waals surface area contributed by atoms with E-state index in [1.54, 1.807) is 0 Å². The van der Waals surface area contributed by atoms with Crippen LogP contribution in [0.2, 0.25) is 0 Å². The maximum Gasteiger partial charge on any atom is 0.410 e. The third-order valence-corrected chi connectivity index (χ3v) is 4.75. The Hall–Kier alpha value is -1.03. The molecule has 1 saturated carbocycles. The van der Waals surface area contributed by atoms with Crippen LogP contribution in [0.4, 0.5) is 4.79 Å². The second kappa shape index (κ2) is 4.48. The summed E-state index contributed by atoms with van der Waals surface area (Å²) in [7, 11) is 0. The van der Waals surface area contributed by atoms with E-state index in [1.165, 1.54) is 12.0 Å². The first-order chi connectivity index (χ1) is 9.30. The molecule has 2 aliphatic rings. The number of rotatable bonds is 1. The summed E-state index contributed by atoms with van der Waals surface area (Å²) in [5.41, 5.74) is 1.10. The Morgan fingerprint density at radius 2 is 2.00 bits per heavy atom. The molecule has 3 rings (SSSR count). The number of piperidine rings is 1. The van der Waals surface area contributed by atoms with Crippen LogP contribution < -0.4 is 0 Å². The molecule has 0 N–H and O–H groups in total. The Morgan fingerprint density at radius 1 is 1.35 bits per heavy atom. The monoisotopic (exact) mass is 337 g/mol. The standard InChI is InChI=1S/C16H20BrNO2/c1-15(2,3)20-14(19)18-9-12-8-16(12,10-18)11-4-6-13(17)7-5-11/h4-7,12H,8-10H2,1-3H3/t12-,16+/m0/s1. The molecule has 1 heterocycles. The minimum atomic E-state index is -0.422. The number of carbonyl (C=O) groups excluding carboxylic acids is 1. The topological polar surface area (TPSA) is 29.5 Å². The van der Waals surface area contributed by atoms with Crippen LogP contribution in [0.15, 0.2) is 28.7 Å². The van der Waals surface area contributed by atoms with Crippen molar-refractivity contribution in [3.05, 3.63) is 34.3 Å². The zero-order chi connectivity index (χ0) is 14.5. The van der Waals surface area contributed by atoms with Crippen molar-refractivity contribution < 1.29 is 9.53 Å². The van der Waals surface area contributed by atoms with E-state index in [-0.39, 0.29) is 11.5 Å². The largest absolute Gasteiger partial charge is 0.444 e. The number of hydrogen-bond acceptors (Lipinski definition) is 2. The normalized spacial score (nSPS) is 28.2. The average molecular weight is 338 g/mol. The summed E-state index contributed by atoms with van der Waals surface area (Å²) in [4.78, 5) is 14.0.